The maximum atomic E-state index is 13.2. The number of rotatable bonds is 5. The van der Waals surface area contributed by atoms with Gasteiger partial charge in [0.15, 0.2) is 0 Å². The predicted octanol–water partition coefficient (Wildman–Crippen LogP) is 4.09. The Labute approximate surface area is 127 Å². The van der Waals surface area contributed by atoms with Crippen LogP contribution in [-0.2, 0) is 6.42 Å². The molecule has 0 bridgehead atoms. The van der Waals surface area contributed by atoms with Crippen LogP contribution in [0.4, 0.5) is 4.39 Å². The lowest BCUT2D eigenvalue weighted by Crippen LogP contribution is -2.29. The van der Waals surface area contributed by atoms with Crippen LogP contribution < -0.4 is 11.3 Å². The van der Waals surface area contributed by atoms with Gasteiger partial charge in [0.1, 0.15) is 5.82 Å². The lowest BCUT2D eigenvalue weighted by Gasteiger charge is -2.19. The van der Waals surface area contributed by atoms with E-state index in [4.69, 9.17) is 5.84 Å². The van der Waals surface area contributed by atoms with Crippen molar-refractivity contribution < 1.29 is 4.39 Å². The van der Waals surface area contributed by atoms with Crippen molar-refractivity contribution in [2.75, 3.05) is 0 Å². The zero-order valence-corrected chi connectivity index (χ0v) is 13.0. The van der Waals surface area contributed by atoms with Crippen LogP contribution in [0.3, 0.4) is 0 Å². The number of hydrogen-bond donors (Lipinski definition) is 2. The van der Waals surface area contributed by atoms with Crippen LogP contribution in [0.25, 0.3) is 0 Å². The third-order valence-corrected chi connectivity index (χ3v) is 3.95. The Morgan fingerprint density at radius 1 is 1.25 bits per heavy atom. The summed E-state index contributed by atoms with van der Waals surface area (Å²) >= 11 is 3.40. The Bertz CT molecular complexity index is 586. The Balaban J connectivity index is 2.38. The molecule has 0 aliphatic rings. The highest BCUT2D eigenvalue weighted by Crippen LogP contribution is 2.29. The molecule has 0 fully saturated rings. The molecule has 1 unspecified atom stereocenters. The van der Waals surface area contributed by atoms with Gasteiger partial charge in [-0.05, 0) is 35.2 Å². The van der Waals surface area contributed by atoms with Crippen molar-refractivity contribution in [2.24, 2.45) is 5.84 Å². The van der Waals surface area contributed by atoms with E-state index >= 15 is 0 Å². The van der Waals surface area contributed by atoms with Gasteiger partial charge in [0.2, 0.25) is 0 Å². The maximum absolute atomic E-state index is 13.2. The second-order valence-corrected chi connectivity index (χ2v) is 5.61. The first-order valence-corrected chi connectivity index (χ1v) is 7.45. The summed E-state index contributed by atoms with van der Waals surface area (Å²) in [6, 6.07) is 12.8. The minimum absolute atomic E-state index is 0.165. The molecule has 2 aromatic carbocycles. The average molecular weight is 337 g/mol. The van der Waals surface area contributed by atoms with Gasteiger partial charge < -0.3 is 0 Å². The molecule has 0 saturated carbocycles. The third kappa shape index (κ3) is 3.45. The molecule has 106 valence electrons. The molecule has 0 heterocycles. The summed E-state index contributed by atoms with van der Waals surface area (Å²) in [7, 11) is 0. The van der Waals surface area contributed by atoms with E-state index < -0.39 is 0 Å². The molecule has 1 atom stereocenters. The molecule has 0 spiro atoms. The summed E-state index contributed by atoms with van der Waals surface area (Å²) in [4.78, 5) is 0. The summed E-state index contributed by atoms with van der Waals surface area (Å²) in [5.41, 5.74) is 6.09. The monoisotopic (exact) mass is 336 g/mol. The minimum Gasteiger partial charge on any atom is -0.271 e. The van der Waals surface area contributed by atoms with Crippen molar-refractivity contribution in [1.82, 2.24) is 5.43 Å². The van der Waals surface area contributed by atoms with Crippen LogP contribution in [0.1, 0.15) is 36.1 Å². The van der Waals surface area contributed by atoms with E-state index in [1.807, 2.05) is 12.1 Å². The van der Waals surface area contributed by atoms with E-state index in [1.165, 1.54) is 17.7 Å². The highest BCUT2D eigenvalue weighted by atomic mass is 79.9. The van der Waals surface area contributed by atoms with Crippen LogP contribution in [-0.4, -0.2) is 0 Å². The molecule has 0 radical (unpaired) electrons. The molecule has 20 heavy (non-hydrogen) atoms. The Morgan fingerprint density at radius 2 is 2.05 bits per heavy atom. The van der Waals surface area contributed by atoms with Crippen LogP contribution in [0.5, 0.6) is 0 Å². The fraction of sp³-hybridized carbons (Fsp3) is 0.250. The van der Waals surface area contributed by atoms with Crippen molar-refractivity contribution in [1.29, 1.82) is 0 Å². The Morgan fingerprint density at radius 3 is 2.70 bits per heavy atom. The van der Waals surface area contributed by atoms with Gasteiger partial charge in [-0.2, -0.15) is 0 Å². The van der Waals surface area contributed by atoms with Gasteiger partial charge in [-0.1, -0.05) is 59.6 Å². The van der Waals surface area contributed by atoms with Crippen molar-refractivity contribution in [3.63, 3.8) is 0 Å². The zero-order chi connectivity index (χ0) is 14.5. The molecule has 2 rings (SSSR count). The van der Waals surface area contributed by atoms with Gasteiger partial charge in [-0.25, -0.2) is 9.82 Å². The fourth-order valence-electron chi connectivity index (χ4n) is 2.32. The minimum atomic E-state index is -0.267. The number of hydrazine groups is 1. The Kier molecular flexibility index (Phi) is 5.29. The average Bonchev–Trinajstić information content (AvgIpc) is 2.43. The molecule has 3 N–H and O–H groups in total. The molecule has 0 aromatic heterocycles. The van der Waals surface area contributed by atoms with Crippen molar-refractivity contribution in [3.05, 3.63) is 69.4 Å². The number of nitrogens with two attached hydrogens (primary N) is 1. The largest absolute Gasteiger partial charge is 0.271 e. The van der Waals surface area contributed by atoms with Gasteiger partial charge in [0.25, 0.3) is 0 Å². The standard InChI is InChI=1S/C16H18BrFN2/c1-2-4-11-5-3-6-12(9-11)16(20-19)14-8-7-13(18)10-15(14)17/h3,5-10,16,20H,2,4,19H2,1H3. The topological polar surface area (TPSA) is 38.0 Å². The molecule has 4 heteroatoms. The molecule has 0 saturated heterocycles. The molecule has 0 aliphatic carbocycles. The number of halogens is 2. The fourth-order valence-corrected chi connectivity index (χ4v) is 2.90. The summed E-state index contributed by atoms with van der Waals surface area (Å²) in [6.07, 6.45) is 2.14. The highest BCUT2D eigenvalue weighted by Gasteiger charge is 2.16. The molecule has 0 amide bonds. The molecule has 2 aromatic rings. The SMILES string of the molecule is CCCc1cccc(C(NN)c2ccc(F)cc2Br)c1. The van der Waals surface area contributed by atoms with Crippen molar-refractivity contribution >= 4 is 15.9 Å². The van der Waals surface area contributed by atoms with Gasteiger partial charge in [-0.15, -0.1) is 0 Å². The summed E-state index contributed by atoms with van der Waals surface area (Å²) < 4.78 is 13.9. The number of hydrogen-bond acceptors (Lipinski definition) is 2. The van der Waals surface area contributed by atoms with Crippen LogP contribution in [0.2, 0.25) is 0 Å². The Hall–Kier alpha value is -1.23. The first-order chi connectivity index (χ1) is 9.65. The van der Waals surface area contributed by atoms with Gasteiger partial charge >= 0.3 is 0 Å². The van der Waals surface area contributed by atoms with E-state index in [2.05, 4.69) is 40.4 Å². The lowest BCUT2D eigenvalue weighted by molar-refractivity contribution is 0.612. The van der Waals surface area contributed by atoms with E-state index in [-0.39, 0.29) is 11.9 Å². The highest BCUT2D eigenvalue weighted by molar-refractivity contribution is 9.10. The number of benzene rings is 2. The molecular formula is C16H18BrFN2. The van der Waals surface area contributed by atoms with Gasteiger partial charge in [0.05, 0.1) is 6.04 Å². The number of nitrogens with one attached hydrogen (secondary N) is 1. The molecule has 0 aliphatic heterocycles. The van der Waals surface area contributed by atoms with Crippen molar-refractivity contribution in [3.8, 4) is 0 Å². The zero-order valence-electron chi connectivity index (χ0n) is 11.4. The first-order valence-electron chi connectivity index (χ1n) is 6.65. The van der Waals surface area contributed by atoms with Crippen LogP contribution in [0, 0.1) is 5.82 Å². The maximum Gasteiger partial charge on any atom is 0.124 e. The summed E-state index contributed by atoms with van der Waals surface area (Å²) in [5.74, 6) is 5.44. The van der Waals surface area contributed by atoms with Crippen LogP contribution in [0.15, 0.2) is 46.9 Å². The van der Waals surface area contributed by atoms with Gasteiger partial charge in [-0.3, -0.25) is 5.84 Å². The lowest BCUT2D eigenvalue weighted by atomic mass is 9.96. The number of aryl methyl sites for hydroxylation is 1. The molecule has 2 nitrogen and oxygen atoms in total. The summed E-state index contributed by atoms with van der Waals surface area (Å²) in [6.45, 7) is 2.15. The predicted molar refractivity (Wildman–Crippen MR) is 83.7 cm³/mol. The summed E-state index contributed by atoms with van der Waals surface area (Å²) in [5, 5.41) is 0. The van der Waals surface area contributed by atoms with E-state index in [1.54, 1.807) is 6.07 Å². The van der Waals surface area contributed by atoms with Crippen molar-refractivity contribution in [2.45, 2.75) is 25.8 Å². The first kappa shape index (κ1) is 15.2. The quantitative estimate of drug-likeness (QED) is 0.637. The van der Waals surface area contributed by atoms with E-state index in [9.17, 15) is 4.39 Å². The normalized spacial score (nSPS) is 12.4. The van der Waals surface area contributed by atoms with E-state index in [0.717, 1.165) is 24.0 Å². The molecular weight excluding hydrogens is 319 g/mol. The second-order valence-electron chi connectivity index (χ2n) is 4.76. The van der Waals surface area contributed by atoms with E-state index in [0.29, 0.717) is 4.47 Å². The second kappa shape index (κ2) is 6.97. The van der Waals surface area contributed by atoms with Crippen LogP contribution >= 0.6 is 15.9 Å². The van der Waals surface area contributed by atoms with Gasteiger partial charge in [0, 0.05) is 4.47 Å². The smallest absolute Gasteiger partial charge is 0.124 e. The third-order valence-electron chi connectivity index (χ3n) is 3.26.